The molecule has 1 N–H and O–H groups in total. The number of hydrogen-bond donors (Lipinski definition) is 1. The van der Waals surface area contributed by atoms with Gasteiger partial charge in [-0.15, -0.1) is 0 Å². The van der Waals surface area contributed by atoms with Crippen LogP contribution in [0, 0.1) is 6.92 Å². The molecular formula is C55H46BN3O. The van der Waals surface area contributed by atoms with Gasteiger partial charge in [-0.05, 0) is 95.3 Å². The Morgan fingerprint density at radius 2 is 1.13 bits per heavy atom. The van der Waals surface area contributed by atoms with Crippen LogP contribution < -0.4 is 30.8 Å². The summed E-state index contributed by atoms with van der Waals surface area (Å²) < 4.78 is 6.81. The zero-order chi connectivity index (χ0) is 40.8. The van der Waals surface area contributed by atoms with Gasteiger partial charge in [0.05, 0.1) is 11.4 Å². The van der Waals surface area contributed by atoms with E-state index >= 15 is 0 Å². The lowest BCUT2D eigenvalue weighted by molar-refractivity contribution is 0.418. The van der Waals surface area contributed by atoms with Gasteiger partial charge in [0.15, 0.2) is 7.28 Å². The van der Waals surface area contributed by atoms with Gasteiger partial charge in [-0.25, -0.2) is 0 Å². The summed E-state index contributed by atoms with van der Waals surface area (Å²) in [5.74, 6) is 1.78. The summed E-state index contributed by atoms with van der Waals surface area (Å²) in [6.07, 6.45) is 0. The number of hydrogen-bond acceptors (Lipinski definition) is 4. The average Bonchev–Trinajstić information content (AvgIpc) is 3.26. The molecule has 0 saturated heterocycles. The highest BCUT2D eigenvalue weighted by atomic mass is 16.5. The molecule has 60 heavy (non-hydrogen) atoms. The minimum absolute atomic E-state index is 0.165. The predicted octanol–water partition coefficient (Wildman–Crippen LogP) is 13.1. The molecule has 290 valence electrons. The topological polar surface area (TPSA) is 27.7 Å². The Morgan fingerprint density at radius 3 is 1.88 bits per heavy atom. The Labute approximate surface area is 354 Å². The number of anilines is 8. The third-order valence-electron chi connectivity index (χ3n) is 13.2. The fourth-order valence-corrected chi connectivity index (χ4v) is 10.1. The van der Waals surface area contributed by atoms with Crippen molar-refractivity contribution < 1.29 is 4.74 Å². The van der Waals surface area contributed by atoms with E-state index in [0.717, 1.165) is 58.3 Å². The highest BCUT2D eigenvalue weighted by molar-refractivity contribution is 6.73. The van der Waals surface area contributed by atoms with Crippen molar-refractivity contribution in [1.29, 1.82) is 0 Å². The molecule has 3 heterocycles. The van der Waals surface area contributed by atoms with E-state index in [2.05, 4.69) is 226 Å². The molecule has 0 aromatic heterocycles. The van der Waals surface area contributed by atoms with Gasteiger partial charge in [-0.1, -0.05) is 142 Å². The van der Waals surface area contributed by atoms with Gasteiger partial charge in [0.2, 0.25) is 0 Å². The van der Waals surface area contributed by atoms with E-state index in [9.17, 15) is 0 Å². The number of ether oxygens (including phenoxy) is 1. The lowest BCUT2D eigenvalue weighted by Crippen LogP contribution is -2.45. The first-order chi connectivity index (χ1) is 29.2. The maximum absolute atomic E-state index is 6.81. The van der Waals surface area contributed by atoms with Gasteiger partial charge in [0, 0.05) is 67.7 Å². The van der Waals surface area contributed by atoms with Crippen molar-refractivity contribution in [3.63, 3.8) is 0 Å². The molecule has 0 saturated carbocycles. The normalized spacial score (nSPS) is 14.6. The Bertz CT molecular complexity index is 2950. The Balaban J connectivity index is 1.24. The van der Waals surface area contributed by atoms with Crippen LogP contribution in [-0.4, -0.2) is 7.28 Å². The molecule has 4 nitrogen and oxygen atoms in total. The van der Waals surface area contributed by atoms with Crippen molar-refractivity contribution in [3.8, 4) is 22.6 Å². The predicted molar refractivity (Wildman–Crippen MR) is 253 cm³/mol. The Kier molecular flexibility index (Phi) is 8.15. The van der Waals surface area contributed by atoms with E-state index < -0.39 is 0 Å². The summed E-state index contributed by atoms with van der Waals surface area (Å²) in [5.41, 5.74) is 19.8. The fraction of sp³-hybridized carbons (Fsp3) is 0.127. The maximum Gasteiger partial charge on any atom is 0.198 e. The molecule has 0 spiro atoms. The molecule has 0 fully saturated rings. The zero-order valence-corrected chi connectivity index (χ0v) is 34.8. The molecule has 0 bridgehead atoms. The summed E-state index contributed by atoms with van der Waals surface area (Å²) in [6.45, 7) is 11.6. The standard InChI is InChI=1S/C55H46BN3O/c1-35-19-12-15-28-46(35)57-47-34-51-44(55(4,5)42-25-14-17-30-50(42)60-51)33-39(47)40-31-38(58(36-20-8-6-9-21-36)37-22-10-7-11-23-37)32-49-52(40)56-45-27-18-26-43-53(45)59(49)48-29-16-13-24-41(48)54(43,2)3/h6-34,56-57H,1-5H3. The number of nitrogens with one attached hydrogen (secondary N) is 1. The summed E-state index contributed by atoms with van der Waals surface area (Å²) in [5, 5.41) is 3.94. The van der Waals surface area contributed by atoms with Crippen LogP contribution in [0.2, 0.25) is 0 Å². The molecule has 8 aromatic carbocycles. The SMILES string of the molecule is Cc1ccccc1Nc1cc2c(cc1-c1cc(N(c3ccccc3)c3ccccc3)cc3c1Bc1cccc4c1N3c1ccccc1C4(C)C)C(C)(C)c1ccccc1O2. The second kappa shape index (κ2) is 13.5. The number of aryl methyl sites for hydroxylation is 1. The second-order valence-electron chi connectivity index (χ2n) is 17.5. The average molecular weight is 776 g/mol. The highest BCUT2D eigenvalue weighted by Crippen LogP contribution is 2.55. The van der Waals surface area contributed by atoms with E-state index in [-0.39, 0.29) is 10.8 Å². The first kappa shape index (κ1) is 36.1. The maximum atomic E-state index is 6.81. The van der Waals surface area contributed by atoms with Crippen LogP contribution >= 0.6 is 0 Å². The van der Waals surface area contributed by atoms with Gasteiger partial charge in [-0.3, -0.25) is 0 Å². The summed E-state index contributed by atoms with van der Waals surface area (Å²) in [4.78, 5) is 4.97. The van der Waals surface area contributed by atoms with Crippen molar-refractivity contribution in [2.75, 3.05) is 15.1 Å². The van der Waals surface area contributed by atoms with Crippen molar-refractivity contribution in [3.05, 3.63) is 204 Å². The monoisotopic (exact) mass is 775 g/mol. The highest BCUT2D eigenvalue weighted by Gasteiger charge is 2.42. The number of nitrogens with zero attached hydrogens (tertiary/aromatic N) is 2. The molecule has 5 heteroatoms. The van der Waals surface area contributed by atoms with Gasteiger partial charge in [0.1, 0.15) is 11.5 Å². The van der Waals surface area contributed by atoms with Crippen molar-refractivity contribution in [2.45, 2.75) is 45.4 Å². The number of fused-ring (bicyclic) bond motifs is 6. The van der Waals surface area contributed by atoms with Crippen LogP contribution in [0.1, 0.15) is 55.5 Å². The van der Waals surface area contributed by atoms with Gasteiger partial charge >= 0.3 is 0 Å². The molecule has 3 aliphatic rings. The van der Waals surface area contributed by atoms with Crippen molar-refractivity contribution >= 4 is 63.7 Å². The molecular weight excluding hydrogens is 729 g/mol. The molecule has 0 atom stereocenters. The number of rotatable bonds is 6. The molecule has 0 aliphatic carbocycles. The molecule has 3 aliphatic heterocycles. The zero-order valence-electron chi connectivity index (χ0n) is 34.8. The Morgan fingerprint density at radius 1 is 0.500 bits per heavy atom. The van der Waals surface area contributed by atoms with E-state index in [0.29, 0.717) is 0 Å². The lowest BCUT2D eigenvalue weighted by Gasteiger charge is -2.46. The van der Waals surface area contributed by atoms with Crippen LogP contribution in [0.15, 0.2) is 176 Å². The van der Waals surface area contributed by atoms with Crippen molar-refractivity contribution in [1.82, 2.24) is 0 Å². The van der Waals surface area contributed by atoms with E-state index in [1.54, 1.807) is 0 Å². The van der Waals surface area contributed by atoms with Crippen LogP contribution in [0.25, 0.3) is 11.1 Å². The fourth-order valence-electron chi connectivity index (χ4n) is 10.1. The lowest BCUT2D eigenvalue weighted by atomic mass is 9.56. The first-order valence-corrected chi connectivity index (χ1v) is 21.1. The van der Waals surface area contributed by atoms with Gasteiger partial charge < -0.3 is 19.9 Å². The van der Waals surface area contributed by atoms with Gasteiger partial charge in [-0.2, -0.15) is 0 Å². The molecule has 0 unspecified atom stereocenters. The molecule has 0 amide bonds. The largest absolute Gasteiger partial charge is 0.457 e. The van der Waals surface area contributed by atoms with Gasteiger partial charge in [0.25, 0.3) is 0 Å². The third-order valence-corrected chi connectivity index (χ3v) is 13.2. The van der Waals surface area contributed by atoms with E-state index in [1.165, 1.54) is 55.8 Å². The van der Waals surface area contributed by atoms with Crippen LogP contribution in [0.5, 0.6) is 11.5 Å². The Hall–Kier alpha value is -6.98. The number of benzene rings is 8. The van der Waals surface area contributed by atoms with Crippen LogP contribution in [-0.2, 0) is 10.8 Å². The molecule has 0 radical (unpaired) electrons. The third kappa shape index (κ3) is 5.52. The van der Waals surface area contributed by atoms with E-state index in [4.69, 9.17) is 4.74 Å². The number of para-hydroxylation sites is 6. The smallest absolute Gasteiger partial charge is 0.198 e. The minimum Gasteiger partial charge on any atom is -0.457 e. The minimum atomic E-state index is -0.309. The summed E-state index contributed by atoms with van der Waals surface area (Å²) in [7, 11) is 0.795. The quantitative estimate of drug-likeness (QED) is 0.170. The second-order valence-corrected chi connectivity index (χ2v) is 17.5. The van der Waals surface area contributed by atoms with Crippen LogP contribution in [0.3, 0.4) is 0 Å². The van der Waals surface area contributed by atoms with Crippen molar-refractivity contribution in [2.24, 2.45) is 0 Å². The van der Waals surface area contributed by atoms with E-state index in [1.807, 2.05) is 0 Å². The summed E-state index contributed by atoms with van der Waals surface area (Å²) >= 11 is 0. The molecule has 11 rings (SSSR count). The first-order valence-electron chi connectivity index (χ1n) is 21.1. The summed E-state index contributed by atoms with van der Waals surface area (Å²) in [6, 6.07) is 64.0. The van der Waals surface area contributed by atoms with Crippen LogP contribution in [0.4, 0.5) is 45.5 Å². The molecule has 8 aromatic rings.